The molecule has 1 aromatic rings. The first kappa shape index (κ1) is 16.5. The molecule has 1 amide bonds. The van der Waals surface area contributed by atoms with Crippen molar-refractivity contribution in [1.29, 1.82) is 0 Å². The van der Waals surface area contributed by atoms with Gasteiger partial charge in [0.2, 0.25) is 15.9 Å². The van der Waals surface area contributed by atoms with Crippen LogP contribution in [0.1, 0.15) is 26.7 Å². The zero-order chi connectivity index (χ0) is 15.2. The fraction of sp³-hybridized carbons (Fsp3) is 0.462. The number of rotatable bonds is 7. The van der Waals surface area contributed by atoms with E-state index in [-0.39, 0.29) is 24.1 Å². The normalized spacial score (nSPS) is 12.8. The van der Waals surface area contributed by atoms with Crippen LogP contribution in [0.3, 0.4) is 0 Å². The first-order valence-electron chi connectivity index (χ1n) is 6.48. The van der Waals surface area contributed by atoms with E-state index in [9.17, 15) is 13.2 Å². The van der Waals surface area contributed by atoms with E-state index in [0.29, 0.717) is 17.8 Å². The molecule has 20 heavy (non-hydrogen) atoms. The standard InChI is InChI=1S/C13H21N3O3S/c1-3-8-20(18,19)16-12-6-4-11(5-7-12)15-13(17)9-10(2)14/h4-7,10,16H,3,8-9,14H2,1-2H3,(H,15,17). The van der Waals surface area contributed by atoms with Crippen LogP contribution in [0.4, 0.5) is 11.4 Å². The van der Waals surface area contributed by atoms with Crippen LogP contribution in [0.2, 0.25) is 0 Å². The Morgan fingerprint density at radius 2 is 1.80 bits per heavy atom. The van der Waals surface area contributed by atoms with E-state index in [2.05, 4.69) is 10.0 Å². The first-order chi connectivity index (χ1) is 9.32. The van der Waals surface area contributed by atoms with Gasteiger partial charge in [0.15, 0.2) is 0 Å². The number of hydrogen-bond acceptors (Lipinski definition) is 4. The highest BCUT2D eigenvalue weighted by Gasteiger charge is 2.09. The molecule has 1 unspecified atom stereocenters. The SMILES string of the molecule is CCCS(=O)(=O)Nc1ccc(NC(=O)CC(C)N)cc1. The minimum absolute atomic E-state index is 0.0832. The Bertz CT molecular complexity index is 538. The Hall–Kier alpha value is -1.60. The van der Waals surface area contributed by atoms with E-state index < -0.39 is 10.0 Å². The average Bonchev–Trinajstić information content (AvgIpc) is 2.30. The summed E-state index contributed by atoms with van der Waals surface area (Å²) >= 11 is 0. The monoisotopic (exact) mass is 299 g/mol. The molecule has 6 nitrogen and oxygen atoms in total. The predicted molar refractivity (Wildman–Crippen MR) is 81.0 cm³/mol. The van der Waals surface area contributed by atoms with E-state index in [1.54, 1.807) is 38.1 Å². The van der Waals surface area contributed by atoms with Crippen LogP contribution in [-0.2, 0) is 14.8 Å². The molecule has 1 rings (SSSR count). The van der Waals surface area contributed by atoms with Crippen molar-refractivity contribution in [3.63, 3.8) is 0 Å². The van der Waals surface area contributed by atoms with Crippen molar-refractivity contribution in [3.05, 3.63) is 24.3 Å². The molecule has 0 saturated carbocycles. The summed E-state index contributed by atoms with van der Waals surface area (Å²) in [6, 6.07) is 6.30. The summed E-state index contributed by atoms with van der Waals surface area (Å²) < 4.78 is 25.6. The van der Waals surface area contributed by atoms with Crippen molar-refractivity contribution in [2.45, 2.75) is 32.7 Å². The second-order valence-electron chi connectivity index (χ2n) is 4.73. The fourth-order valence-corrected chi connectivity index (χ4v) is 2.76. The second-order valence-corrected chi connectivity index (χ2v) is 6.57. The maximum Gasteiger partial charge on any atom is 0.232 e. The van der Waals surface area contributed by atoms with Gasteiger partial charge in [0.05, 0.1) is 5.75 Å². The Morgan fingerprint density at radius 3 is 2.30 bits per heavy atom. The third-order valence-electron chi connectivity index (χ3n) is 2.42. The van der Waals surface area contributed by atoms with E-state index in [4.69, 9.17) is 5.73 Å². The number of carbonyl (C=O) groups excluding carboxylic acids is 1. The highest BCUT2D eigenvalue weighted by Crippen LogP contribution is 2.15. The number of anilines is 2. The van der Waals surface area contributed by atoms with Gasteiger partial charge in [0.1, 0.15) is 0 Å². The summed E-state index contributed by atoms with van der Waals surface area (Å²) in [5.41, 5.74) is 6.61. The molecule has 0 saturated heterocycles. The van der Waals surface area contributed by atoms with Crippen LogP contribution >= 0.6 is 0 Å². The Kier molecular flexibility index (Phi) is 5.97. The van der Waals surface area contributed by atoms with E-state index in [0.717, 1.165) is 0 Å². The molecule has 4 N–H and O–H groups in total. The molecule has 0 radical (unpaired) electrons. The van der Waals surface area contributed by atoms with Gasteiger partial charge in [-0.05, 0) is 37.6 Å². The number of benzene rings is 1. The molecular formula is C13H21N3O3S. The van der Waals surface area contributed by atoms with Gasteiger partial charge in [-0.15, -0.1) is 0 Å². The molecule has 0 fully saturated rings. The maximum absolute atomic E-state index is 11.6. The molecule has 0 spiro atoms. The van der Waals surface area contributed by atoms with Crippen LogP contribution in [0.25, 0.3) is 0 Å². The summed E-state index contributed by atoms with van der Waals surface area (Å²) in [6.45, 7) is 3.56. The zero-order valence-electron chi connectivity index (χ0n) is 11.7. The van der Waals surface area contributed by atoms with Crippen molar-refractivity contribution in [2.75, 3.05) is 15.8 Å². The average molecular weight is 299 g/mol. The van der Waals surface area contributed by atoms with Crippen molar-refractivity contribution in [3.8, 4) is 0 Å². The minimum Gasteiger partial charge on any atom is -0.327 e. The van der Waals surface area contributed by atoms with E-state index in [1.807, 2.05) is 0 Å². The molecule has 7 heteroatoms. The summed E-state index contributed by atoms with van der Waals surface area (Å²) in [4.78, 5) is 11.5. The van der Waals surface area contributed by atoms with E-state index in [1.165, 1.54) is 0 Å². The summed E-state index contributed by atoms with van der Waals surface area (Å²) in [5.74, 6) is -0.0841. The topological polar surface area (TPSA) is 101 Å². The van der Waals surface area contributed by atoms with Crippen LogP contribution in [0, 0.1) is 0 Å². The second kappa shape index (κ2) is 7.25. The van der Waals surface area contributed by atoms with Gasteiger partial charge in [-0.1, -0.05) is 6.92 Å². The van der Waals surface area contributed by atoms with Crippen LogP contribution in [0.5, 0.6) is 0 Å². The predicted octanol–water partition coefficient (Wildman–Crippen LogP) is 1.51. The lowest BCUT2D eigenvalue weighted by atomic mass is 10.2. The largest absolute Gasteiger partial charge is 0.327 e. The van der Waals surface area contributed by atoms with Crippen molar-refractivity contribution < 1.29 is 13.2 Å². The fourth-order valence-electron chi connectivity index (χ4n) is 1.63. The summed E-state index contributed by atoms with van der Waals surface area (Å²) in [7, 11) is -3.29. The van der Waals surface area contributed by atoms with Gasteiger partial charge in [0, 0.05) is 23.8 Å². The number of nitrogens with two attached hydrogens (primary N) is 1. The highest BCUT2D eigenvalue weighted by atomic mass is 32.2. The molecule has 0 aliphatic carbocycles. The lowest BCUT2D eigenvalue weighted by molar-refractivity contribution is -0.116. The van der Waals surface area contributed by atoms with E-state index >= 15 is 0 Å². The maximum atomic E-state index is 11.6. The van der Waals surface area contributed by atoms with Crippen molar-refractivity contribution >= 4 is 27.3 Å². The zero-order valence-corrected chi connectivity index (χ0v) is 12.5. The lowest BCUT2D eigenvalue weighted by Gasteiger charge is -2.09. The Labute approximate surface area is 119 Å². The van der Waals surface area contributed by atoms with Gasteiger partial charge in [-0.2, -0.15) is 0 Å². The number of nitrogens with one attached hydrogen (secondary N) is 2. The third-order valence-corrected chi connectivity index (χ3v) is 3.91. The molecule has 112 valence electrons. The van der Waals surface area contributed by atoms with Gasteiger partial charge in [-0.3, -0.25) is 9.52 Å². The smallest absolute Gasteiger partial charge is 0.232 e. The lowest BCUT2D eigenvalue weighted by Crippen LogP contribution is -2.24. The number of hydrogen-bond donors (Lipinski definition) is 3. The molecule has 0 aliphatic rings. The van der Waals surface area contributed by atoms with Crippen LogP contribution in [-0.4, -0.2) is 26.1 Å². The summed E-state index contributed by atoms with van der Waals surface area (Å²) in [5, 5.41) is 2.69. The molecular weight excluding hydrogens is 278 g/mol. The van der Waals surface area contributed by atoms with Gasteiger partial charge in [-0.25, -0.2) is 8.42 Å². The van der Waals surface area contributed by atoms with Gasteiger partial charge >= 0.3 is 0 Å². The highest BCUT2D eigenvalue weighted by molar-refractivity contribution is 7.92. The Morgan fingerprint density at radius 1 is 1.25 bits per heavy atom. The quantitative estimate of drug-likeness (QED) is 0.710. The van der Waals surface area contributed by atoms with Gasteiger partial charge in [0.25, 0.3) is 0 Å². The molecule has 1 atom stereocenters. The van der Waals surface area contributed by atoms with Crippen LogP contribution in [0.15, 0.2) is 24.3 Å². The number of sulfonamides is 1. The molecule has 0 heterocycles. The molecule has 0 bridgehead atoms. The minimum atomic E-state index is -3.29. The third kappa shape index (κ3) is 6.03. The van der Waals surface area contributed by atoms with Crippen LogP contribution < -0.4 is 15.8 Å². The number of amides is 1. The Balaban J connectivity index is 2.63. The molecule has 1 aromatic carbocycles. The van der Waals surface area contributed by atoms with Gasteiger partial charge < -0.3 is 11.1 Å². The first-order valence-corrected chi connectivity index (χ1v) is 8.13. The summed E-state index contributed by atoms with van der Waals surface area (Å²) in [6.07, 6.45) is 0.797. The van der Waals surface area contributed by atoms with Crippen molar-refractivity contribution in [1.82, 2.24) is 0 Å². The molecule has 0 aliphatic heterocycles. The molecule has 0 aromatic heterocycles. The number of carbonyl (C=O) groups is 1. The van der Waals surface area contributed by atoms with Crippen molar-refractivity contribution in [2.24, 2.45) is 5.73 Å².